The molecule has 0 aliphatic carbocycles. The Morgan fingerprint density at radius 2 is 1.74 bits per heavy atom. The highest BCUT2D eigenvalue weighted by molar-refractivity contribution is 5.94. The molecule has 1 amide bonds. The van der Waals surface area contributed by atoms with Crippen molar-refractivity contribution in [2.24, 2.45) is 5.84 Å². The van der Waals surface area contributed by atoms with Crippen molar-refractivity contribution in [2.45, 2.75) is 0 Å². The van der Waals surface area contributed by atoms with Gasteiger partial charge in [-0.2, -0.15) is 5.10 Å². The first-order valence-corrected chi connectivity index (χ1v) is 8.44. The van der Waals surface area contributed by atoms with Gasteiger partial charge in [-0.15, -0.1) is 0 Å². The predicted octanol–water partition coefficient (Wildman–Crippen LogP) is 3.30. The van der Waals surface area contributed by atoms with Gasteiger partial charge in [-0.1, -0.05) is 36.4 Å². The third-order valence-electron chi connectivity index (χ3n) is 4.42. The van der Waals surface area contributed by atoms with Gasteiger partial charge >= 0.3 is 0 Å². The van der Waals surface area contributed by atoms with Crippen LogP contribution in [0.2, 0.25) is 0 Å². The molecule has 6 heteroatoms. The molecule has 0 bridgehead atoms. The van der Waals surface area contributed by atoms with E-state index in [9.17, 15) is 4.79 Å². The first-order valence-electron chi connectivity index (χ1n) is 8.44. The Morgan fingerprint density at radius 1 is 1.00 bits per heavy atom. The van der Waals surface area contributed by atoms with Crippen LogP contribution in [0.4, 0.5) is 0 Å². The minimum atomic E-state index is -0.434. The number of hydrogen-bond donors (Lipinski definition) is 2. The summed E-state index contributed by atoms with van der Waals surface area (Å²) in [6.07, 6.45) is 0. The van der Waals surface area contributed by atoms with E-state index in [1.807, 2.05) is 60.7 Å². The van der Waals surface area contributed by atoms with Crippen molar-refractivity contribution in [1.82, 2.24) is 15.2 Å². The van der Waals surface area contributed by atoms with Gasteiger partial charge in [0.15, 0.2) is 5.69 Å². The van der Waals surface area contributed by atoms with E-state index in [0.29, 0.717) is 0 Å². The molecule has 0 unspecified atom stereocenters. The van der Waals surface area contributed by atoms with E-state index in [2.05, 4.69) is 16.6 Å². The molecule has 0 spiro atoms. The maximum Gasteiger partial charge on any atom is 0.285 e. The van der Waals surface area contributed by atoms with E-state index in [1.165, 1.54) is 0 Å². The minimum absolute atomic E-state index is 0.256. The van der Waals surface area contributed by atoms with E-state index in [-0.39, 0.29) is 5.69 Å². The van der Waals surface area contributed by atoms with E-state index in [4.69, 9.17) is 10.6 Å². The van der Waals surface area contributed by atoms with E-state index >= 15 is 0 Å². The third kappa shape index (κ3) is 3.14. The predicted molar refractivity (Wildman–Crippen MR) is 105 cm³/mol. The smallest absolute Gasteiger partial charge is 0.285 e. The summed E-state index contributed by atoms with van der Waals surface area (Å²) >= 11 is 0. The quantitative estimate of drug-likeness (QED) is 0.333. The molecule has 1 aromatic heterocycles. The summed E-state index contributed by atoms with van der Waals surface area (Å²) in [5.74, 6) is 5.66. The van der Waals surface area contributed by atoms with E-state index in [0.717, 1.165) is 33.5 Å². The maximum absolute atomic E-state index is 12.0. The summed E-state index contributed by atoms with van der Waals surface area (Å²) in [5.41, 5.74) is 5.00. The van der Waals surface area contributed by atoms with Gasteiger partial charge in [-0.25, -0.2) is 10.5 Å². The van der Waals surface area contributed by atoms with Crippen LogP contribution in [0.5, 0.6) is 5.75 Å². The van der Waals surface area contributed by atoms with Gasteiger partial charge in [0.1, 0.15) is 5.75 Å². The molecule has 3 N–H and O–H groups in total. The number of nitrogens with zero attached hydrogens (tertiary/aromatic N) is 2. The molecule has 3 aromatic carbocycles. The van der Waals surface area contributed by atoms with Crippen LogP contribution in [0.25, 0.3) is 27.7 Å². The Morgan fingerprint density at radius 3 is 2.48 bits per heavy atom. The Bertz CT molecular complexity index is 1120. The maximum atomic E-state index is 12.0. The van der Waals surface area contributed by atoms with Crippen LogP contribution in [-0.2, 0) is 0 Å². The minimum Gasteiger partial charge on any atom is -0.497 e. The number of nitrogens with two attached hydrogens (primary N) is 1. The van der Waals surface area contributed by atoms with Gasteiger partial charge in [0.05, 0.1) is 18.5 Å². The topological polar surface area (TPSA) is 82.2 Å². The number of para-hydroxylation sites is 1. The highest BCUT2D eigenvalue weighted by Crippen LogP contribution is 2.29. The molecule has 4 rings (SSSR count). The zero-order valence-electron chi connectivity index (χ0n) is 14.7. The average Bonchev–Trinajstić information content (AvgIpc) is 3.18. The number of hydrogen-bond acceptors (Lipinski definition) is 4. The van der Waals surface area contributed by atoms with Gasteiger partial charge in [0.25, 0.3) is 5.91 Å². The number of nitrogen functional groups attached to an aromatic ring is 1. The number of ether oxygens (including phenoxy) is 1. The first kappa shape index (κ1) is 16.8. The fourth-order valence-corrected chi connectivity index (χ4v) is 3.05. The normalized spacial score (nSPS) is 10.7. The van der Waals surface area contributed by atoms with Crippen LogP contribution in [0, 0.1) is 0 Å². The molecule has 0 saturated carbocycles. The Kier molecular flexibility index (Phi) is 4.32. The zero-order valence-corrected chi connectivity index (χ0v) is 14.7. The van der Waals surface area contributed by atoms with E-state index < -0.39 is 5.91 Å². The number of carbonyl (C=O) groups excluding carboxylic acids is 1. The Labute approximate surface area is 156 Å². The van der Waals surface area contributed by atoms with Gasteiger partial charge < -0.3 is 4.74 Å². The number of amides is 1. The molecule has 0 aliphatic rings. The lowest BCUT2D eigenvalue weighted by Gasteiger charge is -2.09. The molecular weight excluding hydrogens is 340 g/mol. The number of fused-ring (bicyclic) bond motifs is 1. The molecule has 134 valence electrons. The SMILES string of the molecule is COc1ccc2cc(-c3cc(C(=O)NN)nn3-c3ccccc3)ccc2c1. The van der Waals surface area contributed by atoms with Crippen LogP contribution in [0.1, 0.15) is 10.5 Å². The lowest BCUT2D eigenvalue weighted by atomic mass is 10.0. The average molecular weight is 358 g/mol. The summed E-state index contributed by atoms with van der Waals surface area (Å²) in [4.78, 5) is 12.0. The summed E-state index contributed by atoms with van der Waals surface area (Å²) in [6.45, 7) is 0. The van der Waals surface area contributed by atoms with Gasteiger partial charge in [0, 0.05) is 5.56 Å². The molecule has 0 atom stereocenters. The zero-order chi connectivity index (χ0) is 18.8. The standard InChI is InChI=1S/C21H18N4O2/c1-27-18-10-9-14-11-16(8-7-15(14)12-18)20-13-19(21(26)23-22)24-25(20)17-5-3-2-4-6-17/h2-13H,22H2,1H3,(H,23,26). The number of aromatic nitrogens is 2. The van der Waals surface area contributed by atoms with Crippen molar-refractivity contribution in [3.8, 4) is 22.7 Å². The molecule has 0 radical (unpaired) electrons. The lowest BCUT2D eigenvalue weighted by Crippen LogP contribution is -2.30. The van der Waals surface area contributed by atoms with Crippen molar-refractivity contribution < 1.29 is 9.53 Å². The molecular formula is C21H18N4O2. The van der Waals surface area contributed by atoms with Crippen LogP contribution in [-0.4, -0.2) is 22.8 Å². The summed E-state index contributed by atoms with van der Waals surface area (Å²) < 4.78 is 7.03. The van der Waals surface area contributed by atoms with Crippen molar-refractivity contribution in [1.29, 1.82) is 0 Å². The van der Waals surface area contributed by atoms with Crippen LogP contribution >= 0.6 is 0 Å². The number of methoxy groups -OCH3 is 1. The van der Waals surface area contributed by atoms with Crippen molar-refractivity contribution in [3.63, 3.8) is 0 Å². The highest BCUT2D eigenvalue weighted by Gasteiger charge is 2.16. The number of rotatable bonds is 4. The third-order valence-corrected chi connectivity index (χ3v) is 4.42. The summed E-state index contributed by atoms with van der Waals surface area (Å²) in [6, 6.07) is 23.4. The number of hydrazine groups is 1. The molecule has 1 heterocycles. The van der Waals surface area contributed by atoms with Crippen LogP contribution < -0.4 is 16.0 Å². The second-order valence-electron chi connectivity index (χ2n) is 6.06. The van der Waals surface area contributed by atoms with Crippen LogP contribution in [0.15, 0.2) is 72.8 Å². The molecule has 4 aromatic rings. The monoisotopic (exact) mass is 358 g/mol. The van der Waals surface area contributed by atoms with Gasteiger partial charge in [-0.05, 0) is 47.2 Å². The largest absolute Gasteiger partial charge is 0.497 e. The first-order chi connectivity index (χ1) is 13.2. The van der Waals surface area contributed by atoms with Gasteiger partial charge in [0.2, 0.25) is 0 Å². The fourth-order valence-electron chi connectivity index (χ4n) is 3.05. The second kappa shape index (κ2) is 6.93. The summed E-state index contributed by atoms with van der Waals surface area (Å²) in [7, 11) is 1.65. The molecule has 27 heavy (non-hydrogen) atoms. The number of carbonyl (C=O) groups is 1. The number of benzene rings is 3. The molecule has 0 aliphatic heterocycles. The van der Waals surface area contributed by atoms with Crippen molar-refractivity contribution in [2.75, 3.05) is 7.11 Å². The number of nitrogens with one attached hydrogen (secondary N) is 1. The summed E-state index contributed by atoms with van der Waals surface area (Å²) in [5, 5.41) is 6.58. The molecule has 0 fully saturated rings. The molecule has 6 nitrogen and oxygen atoms in total. The second-order valence-corrected chi connectivity index (χ2v) is 6.06. The van der Waals surface area contributed by atoms with Gasteiger partial charge in [-0.3, -0.25) is 10.2 Å². The Balaban J connectivity index is 1.88. The van der Waals surface area contributed by atoms with Crippen LogP contribution in [0.3, 0.4) is 0 Å². The molecule has 0 saturated heterocycles. The van der Waals surface area contributed by atoms with Crippen molar-refractivity contribution >= 4 is 16.7 Å². The van der Waals surface area contributed by atoms with E-state index in [1.54, 1.807) is 17.9 Å². The highest BCUT2D eigenvalue weighted by atomic mass is 16.5. The van der Waals surface area contributed by atoms with Crippen molar-refractivity contribution in [3.05, 3.63) is 78.5 Å². The fraction of sp³-hybridized carbons (Fsp3) is 0.0476. The Hall–Kier alpha value is -3.64. The lowest BCUT2D eigenvalue weighted by molar-refractivity contribution is 0.0948.